The van der Waals surface area contributed by atoms with Gasteiger partial charge in [-0.3, -0.25) is 10.1 Å². The SMILES string of the molecule is COCC(C)Nc1c([N+](=O)[O-])cnc2ccccc12. The van der Waals surface area contributed by atoms with Gasteiger partial charge in [0.2, 0.25) is 0 Å². The van der Waals surface area contributed by atoms with Gasteiger partial charge in [0.15, 0.2) is 0 Å². The first kappa shape index (κ1) is 13.2. The van der Waals surface area contributed by atoms with Crippen LogP contribution >= 0.6 is 0 Å². The van der Waals surface area contributed by atoms with Crippen molar-refractivity contribution in [3.63, 3.8) is 0 Å². The maximum absolute atomic E-state index is 11.1. The van der Waals surface area contributed by atoms with Crippen LogP contribution in [0.15, 0.2) is 30.5 Å². The van der Waals surface area contributed by atoms with Gasteiger partial charge in [0.25, 0.3) is 0 Å². The monoisotopic (exact) mass is 261 g/mol. The summed E-state index contributed by atoms with van der Waals surface area (Å²) in [7, 11) is 1.59. The van der Waals surface area contributed by atoms with Crippen molar-refractivity contribution in [1.82, 2.24) is 4.98 Å². The molecule has 1 unspecified atom stereocenters. The van der Waals surface area contributed by atoms with Gasteiger partial charge in [-0.25, -0.2) is 4.98 Å². The molecule has 0 aliphatic heterocycles. The van der Waals surface area contributed by atoms with Crippen LogP contribution in [0.1, 0.15) is 6.92 Å². The molecule has 0 spiro atoms. The van der Waals surface area contributed by atoms with Crippen molar-refractivity contribution in [3.05, 3.63) is 40.6 Å². The number of benzene rings is 1. The summed E-state index contributed by atoms with van der Waals surface area (Å²) in [5.41, 5.74) is 1.18. The highest BCUT2D eigenvalue weighted by molar-refractivity contribution is 5.95. The van der Waals surface area contributed by atoms with Crippen molar-refractivity contribution in [1.29, 1.82) is 0 Å². The first-order valence-corrected chi connectivity index (χ1v) is 5.91. The maximum Gasteiger partial charge on any atom is 0.311 e. The minimum absolute atomic E-state index is 0.0262. The highest BCUT2D eigenvalue weighted by Gasteiger charge is 2.19. The Bertz CT molecular complexity index is 601. The summed E-state index contributed by atoms with van der Waals surface area (Å²) in [5, 5.41) is 15.0. The average molecular weight is 261 g/mol. The molecule has 2 rings (SSSR count). The predicted octanol–water partition coefficient (Wildman–Crippen LogP) is 2.59. The zero-order valence-electron chi connectivity index (χ0n) is 10.8. The molecule has 0 aliphatic carbocycles. The maximum atomic E-state index is 11.1. The van der Waals surface area contributed by atoms with Gasteiger partial charge >= 0.3 is 5.69 Å². The number of anilines is 1. The number of ether oxygens (including phenoxy) is 1. The number of para-hydroxylation sites is 1. The molecule has 1 aromatic heterocycles. The molecule has 1 heterocycles. The Morgan fingerprint density at radius 3 is 2.89 bits per heavy atom. The van der Waals surface area contributed by atoms with Gasteiger partial charge in [0, 0.05) is 18.5 Å². The van der Waals surface area contributed by atoms with Crippen LogP contribution in [0.4, 0.5) is 11.4 Å². The molecule has 100 valence electrons. The number of nitro groups is 1. The lowest BCUT2D eigenvalue weighted by molar-refractivity contribution is -0.384. The molecule has 0 radical (unpaired) electrons. The number of aromatic nitrogens is 1. The summed E-state index contributed by atoms with van der Waals surface area (Å²) in [4.78, 5) is 14.8. The molecule has 0 saturated heterocycles. The molecule has 0 fully saturated rings. The molecular formula is C13H15N3O3. The minimum atomic E-state index is -0.429. The second-order valence-electron chi connectivity index (χ2n) is 4.29. The van der Waals surface area contributed by atoms with Crippen molar-refractivity contribution in [2.45, 2.75) is 13.0 Å². The molecule has 1 N–H and O–H groups in total. The van der Waals surface area contributed by atoms with Crippen molar-refractivity contribution < 1.29 is 9.66 Å². The highest BCUT2D eigenvalue weighted by atomic mass is 16.6. The summed E-state index contributed by atoms with van der Waals surface area (Å²) in [6, 6.07) is 7.29. The Hall–Kier alpha value is -2.21. The van der Waals surface area contributed by atoms with Crippen LogP contribution in [0.25, 0.3) is 10.9 Å². The van der Waals surface area contributed by atoms with Crippen LogP contribution in [-0.4, -0.2) is 29.7 Å². The number of rotatable bonds is 5. The zero-order valence-corrected chi connectivity index (χ0v) is 10.8. The van der Waals surface area contributed by atoms with Gasteiger partial charge in [-0.15, -0.1) is 0 Å². The molecule has 0 saturated carbocycles. The van der Waals surface area contributed by atoms with E-state index in [4.69, 9.17) is 4.74 Å². The van der Waals surface area contributed by atoms with Crippen LogP contribution in [-0.2, 0) is 4.74 Å². The predicted molar refractivity (Wildman–Crippen MR) is 73.4 cm³/mol. The first-order chi connectivity index (χ1) is 9.13. The van der Waals surface area contributed by atoms with Crippen molar-refractivity contribution >= 4 is 22.3 Å². The Morgan fingerprint density at radius 1 is 1.47 bits per heavy atom. The van der Waals surface area contributed by atoms with Gasteiger partial charge in [-0.05, 0) is 13.0 Å². The second kappa shape index (κ2) is 5.62. The van der Waals surface area contributed by atoms with Gasteiger partial charge in [0.1, 0.15) is 11.9 Å². The quantitative estimate of drug-likeness (QED) is 0.661. The van der Waals surface area contributed by atoms with E-state index < -0.39 is 4.92 Å². The average Bonchev–Trinajstić information content (AvgIpc) is 2.39. The Kier molecular flexibility index (Phi) is 3.91. The molecule has 0 aliphatic rings. The van der Waals surface area contributed by atoms with E-state index in [9.17, 15) is 10.1 Å². The fourth-order valence-corrected chi connectivity index (χ4v) is 1.96. The Balaban J connectivity index is 2.52. The van der Waals surface area contributed by atoms with Crippen LogP contribution in [0.3, 0.4) is 0 Å². The summed E-state index contributed by atoms with van der Waals surface area (Å²) < 4.78 is 5.04. The molecule has 6 heteroatoms. The van der Waals surface area contributed by atoms with Crippen LogP contribution in [0, 0.1) is 10.1 Å². The third-order valence-corrected chi connectivity index (χ3v) is 2.76. The minimum Gasteiger partial charge on any atom is -0.383 e. The van der Waals surface area contributed by atoms with Gasteiger partial charge < -0.3 is 10.1 Å². The second-order valence-corrected chi connectivity index (χ2v) is 4.29. The summed E-state index contributed by atoms with van der Waals surface area (Å²) in [6.45, 7) is 2.37. The largest absolute Gasteiger partial charge is 0.383 e. The normalized spacial score (nSPS) is 12.3. The fourth-order valence-electron chi connectivity index (χ4n) is 1.96. The van der Waals surface area contributed by atoms with E-state index in [2.05, 4.69) is 10.3 Å². The number of methoxy groups -OCH3 is 1. The lowest BCUT2D eigenvalue weighted by Crippen LogP contribution is -2.21. The van der Waals surface area contributed by atoms with Crippen LogP contribution < -0.4 is 5.32 Å². The number of hydrogen-bond donors (Lipinski definition) is 1. The van der Waals surface area contributed by atoms with Crippen LogP contribution in [0.2, 0.25) is 0 Å². The van der Waals surface area contributed by atoms with E-state index in [-0.39, 0.29) is 11.7 Å². The van der Waals surface area contributed by atoms with E-state index in [0.717, 1.165) is 10.9 Å². The topological polar surface area (TPSA) is 77.3 Å². The van der Waals surface area contributed by atoms with Gasteiger partial charge in [0.05, 0.1) is 17.0 Å². The molecule has 1 atom stereocenters. The van der Waals surface area contributed by atoms with E-state index in [1.807, 2.05) is 31.2 Å². The summed E-state index contributed by atoms with van der Waals surface area (Å²) in [6.07, 6.45) is 1.28. The molecule has 2 aromatic rings. The van der Waals surface area contributed by atoms with E-state index in [1.165, 1.54) is 6.20 Å². The van der Waals surface area contributed by atoms with E-state index >= 15 is 0 Å². The lowest BCUT2D eigenvalue weighted by atomic mass is 10.1. The van der Waals surface area contributed by atoms with Gasteiger partial charge in [-0.1, -0.05) is 18.2 Å². The van der Waals surface area contributed by atoms with Crippen molar-refractivity contribution in [2.75, 3.05) is 19.0 Å². The summed E-state index contributed by atoms with van der Waals surface area (Å²) >= 11 is 0. The number of hydrogen-bond acceptors (Lipinski definition) is 5. The van der Waals surface area contributed by atoms with Crippen molar-refractivity contribution in [3.8, 4) is 0 Å². The lowest BCUT2D eigenvalue weighted by Gasteiger charge is -2.15. The molecule has 1 aromatic carbocycles. The molecule has 0 amide bonds. The molecule has 6 nitrogen and oxygen atoms in total. The molecule has 19 heavy (non-hydrogen) atoms. The molecular weight excluding hydrogens is 246 g/mol. The number of nitrogens with one attached hydrogen (secondary N) is 1. The van der Waals surface area contributed by atoms with Gasteiger partial charge in [-0.2, -0.15) is 0 Å². The van der Waals surface area contributed by atoms with E-state index in [1.54, 1.807) is 7.11 Å². The Morgan fingerprint density at radius 2 is 2.21 bits per heavy atom. The highest BCUT2D eigenvalue weighted by Crippen LogP contribution is 2.31. The zero-order chi connectivity index (χ0) is 13.8. The third-order valence-electron chi connectivity index (χ3n) is 2.76. The third kappa shape index (κ3) is 2.79. The van der Waals surface area contributed by atoms with E-state index in [0.29, 0.717) is 12.3 Å². The van der Waals surface area contributed by atoms with Crippen LogP contribution in [0.5, 0.6) is 0 Å². The number of nitrogens with zero attached hydrogens (tertiary/aromatic N) is 2. The standard InChI is InChI=1S/C13H15N3O3/c1-9(8-19-2)15-13-10-5-3-4-6-11(10)14-7-12(13)16(17)18/h3-7,9H,8H2,1-2H3,(H,14,15). The number of fused-ring (bicyclic) bond motifs is 1. The first-order valence-electron chi connectivity index (χ1n) is 5.91. The molecule has 0 bridgehead atoms. The van der Waals surface area contributed by atoms with Crippen molar-refractivity contribution in [2.24, 2.45) is 0 Å². The smallest absolute Gasteiger partial charge is 0.311 e. The Labute approximate surface area is 110 Å². The number of pyridine rings is 1. The fraction of sp³-hybridized carbons (Fsp3) is 0.308. The summed E-state index contributed by atoms with van der Waals surface area (Å²) in [5.74, 6) is 0.